The fraction of sp³-hybridized carbons (Fsp3) is 0.387. The summed E-state index contributed by atoms with van der Waals surface area (Å²) < 4.78 is 3.03. The molecule has 3 aromatic rings. The lowest BCUT2D eigenvalue weighted by Gasteiger charge is -2.28. The van der Waals surface area contributed by atoms with Gasteiger partial charge < -0.3 is 25.6 Å². The Bertz CT molecular complexity index is 1230. The van der Waals surface area contributed by atoms with Gasteiger partial charge in [0.2, 0.25) is 5.91 Å². The van der Waals surface area contributed by atoms with E-state index in [1.54, 1.807) is 18.2 Å². The quantitative estimate of drug-likeness (QED) is 0.145. The molecule has 5 N–H and O–H groups in total. The van der Waals surface area contributed by atoms with Gasteiger partial charge in [0.05, 0.1) is 11.8 Å². The number of aromatic hydroxyl groups is 1. The van der Waals surface area contributed by atoms with Crippen molar-refractivity contribution < 1.29 is 15.0 Å². The summed E-state index contributed by atoms with van der Waals surface area (Å²) in [6, 6.07) is 19.7. The van der Waals surface area contributed by atoms with Crippen LogP contribution in [0.2, 0.25) is 0 Å². The molecule has 7 heteroatoms. The van der Waals surface area contributed by atoms with Crippen LogP contribution in [0.1, 0.15) is 59.8 Å². The summed E-state index contributed by atoms with van der Waals surface area (Å²) in [4.78, 5) is 12.5. The lowest BCUT2D eigenvalue weighted by molar-refractivity contribution is -0.121. The number of nitrogens with one attached hydrogen (secondary N) is 3. The van der Waals surface area contributed by atoms with Gasteiger partial charge in [-0.2, -0.15) is 0 Å². The molecule has 0 radical (unpaired) electrons. The smallest absolute Gasteiger partial charge is 0.220 e. The fourth-order valence-corrected chi connectivity index (χ4v) is 4.84. The highest BCUT2D eigenvalue weighted by Gasteiger charge is 2.20. The van der Waals surface area contributed by atoms with Crippen molar-refractivity contribution in [3.05, 3.63) is 94.0 Å². The molecule has 1 amide bonds. The number of rotatable bonds is 13. The third-order valence-electron chi connectivity index (χ3n) is 6.86. The first-order chi connectivity index (χ1) is 18.1. The Labute approximate surface area is 231 Å². The van der Waals surface area contributed by atoms with Gasteiger partial charge in [-0.15, -0.1) is 0 Å². The van der Waals surface area contributed by atoms with Gasteiger partial charge in [-0.25, -0.2) is 0 Å². The summed E-state index contributed by atoms with van der Waals surface area (Å²) in [5.74, 6) is 0.208. The molecule has 1 atom stereocenters. The van der Waals surface area contributed by atoms with E-state index in [-0.39, 0.29) is 17.2 Å². The van der Waals surface area contributed by atoms with Crippen LogP contribution in [0.5, 0.6) is 5.75 Å². The minimum Gasteiger partial charge on any atom is -0.506 e. The Hall–Kier alpha value is -3.00. The number of carbonyl (C=O) groups excluding carboxylic acids is 1. The number of aryl methyl sites for hydroxylation is 2. The minimum absolute atomic E-state index is 0.0532. The van der Waals surface area contributed by atoms with Gasteiger partial charge in [0.1, 0.15) is 5.75 Å². The summed E-state index contributed by atoms with van der Waals surface area (Å²) in [6.07, 6.45) is 3.09. The zero-order valence-electron chi connectivity index (χ0n) is 23.1. The average molecular weight is 536 g/mol. The highest BCUT2D eigenvalue weighted by molar-refractivity contribution is 7.99. The van der Waals surface area contributed by atoms with Gasteiger partial charge in [-0.1, -0.05) is 60.5 Å². The number of anilines is 1. The number of carbonyl (C=O) groups is 1. The second-order valence-electron chi connectivity index (χ2n) is 10.5. The van der Waals surface area contributed by atoms with Gasteiger partial charge >= 0.3 is 0 Å². The molecule has 0 aromatic heterocycles. The molecule has 0 fully saturated rings. The third kappa shape index (κ3) is 8.79. The van der Waals surface area contributed by atoms with E-state index in [9.17, 15) is 15.0 Å². The van der Waals surface area contributed by atoms with Crippen molar-refractivity contribution in [3.63, 3.8) is 0 Å². The van der Waals surface area contributed by atoms with Gasteiger partial charge in [-0.05, 0) is 86.1 Å². The molecule has 0 bridgehead atoms. The predicted octanol–water partition coefficient (Wildman–Crippen LogP) is 5.59. The van der Waals surface area contributed by atoms with Crippen molar-refractivity contribution in [2.24, 2.45) is 0 Å². The van der Waals surface area contributed by atoms with Crippen LogP contribution in [0.25, 0.3) is 0 Å². The second kappa shape index (κ2) is 13.7. The topological polar surface area (TPSA) is 93.6 Å². The van der Waals surface area contributed by atoms with E-state index in [1.165, 1.54) is 28.6 Å². The SMILES string of the molecule is CSNc1cc(C(O)CNC(C)(C)Cc2cccc(CCC(=O)NCc3cccc(C)c3C)c2)ccc1O. The molecule has 0 aliphatic carbocycles. The van der Waals surface area contributed by atoms with Crippen LogP contribution < -0.4 is 15.4 Å². The first-order valence-electron chi connectivity index (χ1n) is 13.0. The van der Waals surface area contributed by atoms with Gasteiger partial charge in [0.25, 0.3) is 0 Å². The summed E-state index contributed by atoms with van der Waals surface area (Å²) in [5, 5.41) is 27.2. The van der Waals surface area contributed by atoms with Crippen molar-refractivity contribution in [3.8, 4) is 5.75 Å². The van der Waals surface area contributed by atoms with Crippen LogP contribution in [-0.2, 0) is 24.2 Å². The number of β-amino-alcohol motifs (C(OH)–C–C–N with tert-alkyl or cyclic N) is 1. The first-order valence-corrected chi connectivity index (χ1v) is 14.2. The Morgan fingerprint density at radius 1 is 1.03 bits per heavy atom. The van der Waals surface area contributed by atoms with Crippen LogP contribution in [0.15, 0.2) is 60.7 Å². The van der Waals surface area contributed by atoms with E-state index in [1.807, 2.05) is 18.4 Å². The number of phenols is 1. The van der Waals surface area contributed by atoms with E-state index in [2.05, 4.69) is 73.4 Å². The predicted molar refractivity (Wildman–Crippen MR) is 159 cm³/mol. The van der Waals surface area contributed by atoms with Crippen molar-refractivity contribution in [1.82, 2.24) is 10.6 Å². The Kier molecular flexibility index (Phi) is 10.6. The van der Waals surface area contributed by atoms with Gasteiger partial charge in [0, 0.05) is 31.3 Å². The highest BCUT2D eigenvalue weighted by atomic mass is 32.2. The fourth-order valence-electron chi connectivity index (χ4n) is 4.45. The maximum absolute atomic E-state index is 12.5. The first kappa shape index (κ1) is 29.6. The van der Waals surface area contributed by atoms with E-state index in [4.69, 9.17) is 0 Å². The number of hydrogen-bond acceptors (Lipinski definition) is 6. The molecule has 0 aliphatic rings. The van der Waals surface area contributed by atoms with E-state index in [0.717, 1.165) is 23.1 Å². The summed E-state index contributed by atoms with van der Waals surface area (Å²) >= 11 is 1.39. The zero-order chi connectivity index (χ0) is 27.7. The molecule has 0 saturated heterocycles. The third-order valence-corrected chi connectivity index (χ3v) is 7.29. The van der Waals surface area contributed by atoms with E-state index < -0.39 is 6.10 Å². The van der Waals surface area contributed by atoms with Gasteiger partial charge in [-0.3, -0.25) is 4.79 Å². The molecule has 0 spiro atoms. The zero-order valence-corrected chi connectivity index (χ0v) is 23.9. The van der Waals surface area contributed by atoms with Crippen molar-refractivity contribution in [2.45, 2.75) is 65.1 Å². The highest BCUT2D eigenvalue weighted by Crippen LogP contribution is 2.29. The Balaban J connectivity index is 1.50. The van der Waals surface area contributed by atoms with Crippen molar-refractivity contribution in [1.29, 1.82) is 0 Å². The molecule has 204 valence electrons. The van der Waals surface area contributed by atoms with Crippen LogP contribution in [0, 0.1) is 13.8 Å². The van der Waals surface area contributed by atoms with E-state index in [0.29, 0.717) is 31.6 Å². The lowest BCUT2D eigenvalue weighted by atomic mass is 9.93. The monoisotopic (exact) mass is 535 g/mol. The maximum atomic E-state index is 12.5. The number of hydrogen-bond donors (Lipinski definition) is 5. The number of benzene rings is 3. The Morgan fingerprint density at radius 2 is 1.76 bits per heavy atom. The minimum atomic E-state index is -0.703. The molecule has 0 heterocycles. The summed E-state index contributed by atoms with van der Waals surface area (Å²) in [6.45, 7) is 9.35. The number of phenolic OH excluding ortho intramolecular Hbond substituents is 1. The molecule has 0 saturated carbocycles. The largest absolute Gasteiger partial charge is 0.506 e. The molecule has 3 rings (SSSR count). The molecule has 38 heavy (non-hydrogen) atoms. The van der Waals surface area contributed by atoms with Crippen LogP contribution >= 0.6 is 11.9 Å². The summed E-state index contributed by atoms with van der Waals surface area (Å²) in [7, 11) is 0. The molecular formula is C31H41N3O3S. The molecule has 3 aromatic carbocycles. The number of amides is 1. The van der Waals surface area contributed by atoms with Crippen molar-refractivity contribution in [2.75, 3.05) is 17.5 Å². The standard InChI is InChI=1S/C31H41N3O3S/c1-21-8-6-11-26(22(21)2)19-32-30(37)15-12-23-9-7-10-24(16-23)18-31(3,4)33-20-29(36)25-13-14-28(35)27(17-25)34-38-5/h6-11,13-14,16-17,29,33-36H,12,15,18-20H2,1-5H3,(H,32,37). The Morgan fingerprint density at radius 3 is 2.53 bits per heavy atom. The molecular weight excluding hydrogens is 494 g/mol. The maximum Gasteiger partial charge on any atom is 0.220 e. The normalized spacial score (nSPS) is 12.3. The van der Waals surface area contributed by atoms with Crippen molar-refractivity contribution >= 4 is 23.5 Å². The second-order valence-corrected chi connectivity index (χ2v) is 11.1. The molecule has 1 unspecified atom stereocenters. The van der Waals surface area contributed by atoms with Crippen LogP contribution in [-0.4, -0.2) is 34.5 Å². The number of aliphatic hydroxyl groups excluding tert-OH is 1. The molecule has 6 nitrogen and oxygen atoms in total. The van der Waals surface area contributed by atoms with E-state index >= 15 is 0 Å². The van der Waals surface area contributed by atoms with Crippen LogP contribution in [0.3, 0.4) is 0 Å². The molecule has 0 aliphatic heterocycles. The number of aliphatic hydroxyl groups is 1. The lowest BCUT2D eigenvalue weighted by Crippen LogP contribution is -2.43. The average Bonchev–Trinajstić information content (AvgIpc) is 2.88. The van der Waals surface area contributed by atoms with Gasteiger partial charge in [0.15, 0.2) is 0 Å². The van der Waals surface area contributed by atoms with Crippen LogP contribution in [0.4, 0.5) is 5.69 Å². The summed E-state index contributed by atoms with van der Waals surface area (Å²) in [5.41, 5.74) is 7.01.